The maximum Gasteiger partial charge on any atom is 0.321 e. The van der Waals surface area contributed by atoms with Crippen LogP contribution >= 0.6 is 27.5 Å². The van der Waals surface area contributed by atoms with Crippen molar-refractivity contribution in [3.05, 3.63) is 27.7 Å². The molecule has 150 valence electrons. The van der Waals surface area contributed by atoms with Gasteiger partial charge >= 0.3 is 5.97 Å². The highest BCUT2D eigenvalue weighted by atomic mass is 79.9. The number of ether oxygens (including phenoxy) is 1. The third-order valence-corrected chi connectivity index (χ3v) is 7.70. The minimum Gasteiger partial charge on any atom is -0.455 e. The first kappa shape index (κ1) is 22.1. The Balaban J connectivity index is 1.79. The zero-order valence-electron chi connectivity index (χ0n) is 13.8. The van der Waals surface area contributed by atoms with Crippen LogP contribution in [-0.2, 0) is 34.2 Å². The van der Waals surface area contributed by atoms with Gasteiger partial charge < -0.3 is 10.1 Å². The van der Waals surface area contributed by atoms with Crippen molar-refractivity contribution < 1.29 is 31.2 Å². The summed E-state index contributed by atoms with van der Waals surface area (Å²) in [6, 6.07) is 3.62. The second-order valence-corrected chi connectivity index (χ2v) is 11.0. The molecule has 2 N–H and O–H groups in total. The minimum atomic E-state index is -4.04. The normalized spacial score (nSPS) is 18.8. The topological polar surface area (TPSA) is 136 Å². The monoisotopic (exact) mass is 502 g/mol. The Labute approximate surface area is 169 Å². The Morgan fingerprint density at radius 1 is 1.33 bits per heavy atom. The van der Waals surface area contributed by atoms with Gasteiger partial charge in [-0.15, -0.1) is 0 Å². The number of sulfone groups is 1. The van der Waals surface area contributed by atoms with Crippen molar-refractivity contribution in [3.63, 3.8) is 0 Å². The summed E-state index contributed by atoms with van der Waals surface area (Å²) < 4.78 is 54.2. The van der Waals surface area contributed by atoms with E-state index in [1.807, 2.05) is 4.72 Å². The molecule has 13 heteroatoms. The van der Waals surface area contributed by atoms with E-state index in [0.29, 0.717) is 10.9 Å². The number of rotatable bonds is 7. The molecule has 1 aliphatic rings. The zero-order chi connectivity index (χ0) is 20.2. The smallest absolute Gasteiger partial charge is 0.321 e. The van der Waals surface area contributed by atoms with Gasteiger partial charge in [-0.3, -0.25) is 9.59 Å². The molecule has 0 aromatic heterocycles. The van der Waals surface area contributed by atoms with Crippen molar-refractivity contribution in [2.75, 3.05) is 24.7 Å². The lowest BCUT2D eigenvalue weighted by Gasteiger charge is -2.11. The van der Waals surface area contributed by atoms with Crippen LogP contribution in [0.5, 0.6) is 0 Å². The molecule has 1 amide bonds. The Morgan fingerprint density at radius 2 is 2.04 bits per heavy atom. The number of carbonyl (C=O) groups is 2. The van der Waals surface area contributed by atoms with Crippen LogP contribution in [-0.4, -0.2) is 59.4 Å². The molecular formula is C14H16BrClN2O7S2. The molecular weight excluding hydrogens is 488 g/mol. The van der Waals surface area contributed by atoms with Crippen LogP contribution in [0.15, 0.2) is 27.6 Å². The largest absolute Gasteiger partial charge is 0.455 e. The van der Waals surface area contributed by atoms with E-state index >= 15 is 0 Å². The molecule has 1 unspecified atom stereocenters. The van der Waals surface area contributed by atoms with E-state index in [9.17, 15) is 26.4 Å². The van der Waals surface area contributed by atoms with E-state index in [1.165, 1.54) is 18.2 Å². The van der Waals surface area contributed by atoms with Crippen molar-refractivity contribution in [2.24, 2.45) is 0 Å². The molecule has 0 spiro atoms. The molecule has 0 bridgehead atoms. The third-order valence-electron chi connectivity index (χ3n) is 3.55. The van der Waals surface area contributed by atoms with Gasteiger partial charge in [-0.1, -0.05) is 27.5 Å². The number of benzene rings is 1. The number of hydrogen-bond acceptors (Lipinski definition) is 7. The zero-order valence-corrected chi connectivity index (χ0v) is 17.8. The summed E-state index contributed by atoms with van der Waals surface area (Å²) in [5.74, 6) is -1.79. The Bertz CT molecular complexity index is 950. The number of nitrogens with one attached hydrogen (secondary N) is 2. The van der Waals surface area contributed by atoms with Crippen LogP contribution in [0.2, 0.25) is 5.02 Å². The molecule has 27 heavy (non-hydrogen) atoms. The molecule has 1 aromatic rings. The summed E-state index contributed by atoms with van der Waals surface area (Å²) in [5.41, 5.74) is 0. The Morgan fingerprint density at radius 3 is 2.63 bits per heavy atom. The fourth-order valence-electron chi connectivity index (χ4n) is 2.30. The predicted octanol–water partition coefficient (Wildman–Crippen LogP) is 0.227. The number of halogens is 2. The van der Waals surface area contributed by atoms with Gasteiger partial charge in [0.05, 0.1) is 16.5 Å². The van der Waals surface area contributed by atoms with Crippen LogP contribution in [0.1, 0.15) is 6.42 Å². The third kappa shape index (κ3) is 6.71. The lowest BCUT2D eigenvalue weighted by Crippen LogP contribution is -2.39. The van der Waals surface area contributed by atoms with E-state index in [-0.39, 0.29) is 21.4 Å². The van der Waals surface area contributed by atoms with Crippen LogP contribution in [0.4, 0.5) is 0 Å². The average Bonchev–Trinajstić information content (AvgIpc) is 2.89. The highest BCUT2D eigenvalue weighted by Crippen LogP contribution is 2.24. The summed E-state index contributed by atoms with van der Waals surface area (Å²) in [6.07, 6.45) is 0.301. The fraction of sp³-hybridized carbons (Fsp3) is 0.429. The van der Waals surface area contributed by atoms with E-state index < -0.39 is 50.9 Å². The van der Waals surface area contributed by atoms with Gasteiger partial charge in [0.25, 0.3) is 5.91 Å². The molecule has 1 aliphatic heterocycles. The van der Waals surface area contributed by atoms with Crippen molar-refractivity contribution in [1.29, 1.82) is 0 Å². The quantitative estimate of drug-likeness (QED) is 0.508. The second kappa shape index (κ2) is 8.86. The highest BCUT2D eigenvalue weighted by Gasteiger charge is 2.29. The van der Waals surface area contributed by atoms with Crippen LogP contribution in [0.25, 0.3) is 0 Å². The van der Waals surface area contributed by atoms with E-state index in [4.69, 9.17) is 11.6 Å². The SMILES string of the molecule is O=C(COC(=O)CNS(=O)(=O)c1ccc(Br)cc1Cl)NC1CCS(=O)(=O)C1. The van der Waals surface area contributed by atoms with E-state index in [2.05, 4.69) is 26.0 Å². The van der Waals surface area contributed by atoms with Crippen molar-refractivity contribution in [2.45, 2.75) is 17.4 Å². The van der Waals surface area contributed by atoms with Gasteiger partial charge in [-0.25, -0.2) is 16.8 Å². The molecule has 1 saturated heterocycles. The maximum atomic E-state index is 12.1. The maximum absolute atomic E-state index is 12.1. The number of hydrogen-bond donors (Lipinski definition) is 2. The number of amides is 1. The molecule has 0 radical (unpaired) electrons. The number of sulfonamides is 1. The van der Waals surface area contributed by atoms with Gasteiger partial charge in [0.15, 0.2) is 16.4 Å². The molecule has 2 rings (SSSR count). The minimum absolute atomic E-state index is 0.00185. The molecule has 0 saturated carbocycles. The molecule has 0 aliphatic carbocycles. The summed E-state index contributed by atoms with van der Waals surface area (Å²) in [5, 5.41) is 2.41. The summed E-state index contributed by atoms with van der Waals surface area (Å²) >= 11 is 9.02. The first-order valence-corrected chi connectivity index (χ1v) is 12.1. The first-order valence-electron chi connectivity index (χ1n) is 7.59. The lowest BCUT2D eigenvalue weighted by atomic mass is 10.2. The van der Waals surface area contributed by atoms with E-state index in [1.54, 1.807) is 0 Å². The average molecular weight is 504 g/mol. The summed E-state index contributed by atoms with van der Waals surface area (Å²) in [6.45, 7) is -1.34. The van der Waals surface area contributed by atoms with Crippen molar-refractivity contribution in [1.82, 2.24) is 10.0 Å². The lowest BCUT2D eigenvalue weighted by molar-refractivity contribution is -0.147. The summed E-state index contributed by atoms with van der Waals surface area (Å²) in [7, 11) is -7.19. The highest BCUT2D eigenvalue weighted by molar-refractivity contribution is 9.10. The van der Waals surface area contributed by atoms with Gasteiger partial charge in [-0.2, -0.15) is 4.72 Å². The molecule has 1 aromatic carbocycles. The van der Waals surface area contributed by atoms with Crippen LogP contribution in [0.3, 0.4) is 0 Å². The molecule has 1 atom stereocenters. The molecule has 1 fully saturated rings. The Kier molecular flexibility index (Phi) is 7.25. The van der Waals surface area contributed by atoms with Crippen molar-refractivity contribution in [3.8, 4) is 0 Å². The van der Waals surface area contributed by atoms with Crippen molar-refractivity contribution >= 4 is 59.3 Å². The van der Waals surface area contributed by atoms with Crippen LogP contribution < -0.4 is 10.0 Å². The number of carbonyl (C=O) groups excluding carboxylic acids is 2. The second-order valence-electron chi connectivity index (χ2n) is 5.73. The number of esters is 1. The van der Waals surface area contributed by atoms with Gasteiger partial charge in [0.1, 0.15) is 11.4 Å². The van der Waals surface area contributed by atoms with Crippen LogP contribution in [0, 0.1) is 0 Å². The molecule has 1 heterocycles. The van der Waals surface area contributed by atoms with E-state index in [0.717, 1.165) is 0 Å². The summed E-state index contributed by atoms with van der Waals surface area (Å²) in [4.78, 5) is 23.1. The first-order chi connectivity index (χ1) is 12.5. The fourth-order valence-corrected chi connectivity index (χ4v) is 5.98. The van der Waals surface area contributed by atoms with Gasteiger partial charge in [0.2, 0.25) is 10.0 Å². The van der Waals surface area contributed by atoms with Gasteiger partial charge in [-0.05, 0) is 24.6 Å². The Hall–Kier alpha value is -1.21. The standard InChI is InChI=1S/C14H16BrClN2O7S2/c15-9-1-2-12(11(16)5-9)27(23,24)17-6-14(20)25-7-13(19)18-10-3-4-26(21,22)8-10/h1-2,5,10,17H,3-4,6-8H2,(H,18,19). The predicted molar refractivity (Wildman–Crippen MR) is 101 cm³/mol. The molecule has 9 nitrogen and oxygen atoms in total. The van der Waals surface area contributed by atoms with Gasteiger partial charge in [0, 0.05) is 10.5 Å².